The first-order valence-corrected chi connectivity index (χ1v) is 5.85. The van der Waals surface area contributed by atoms with E-state index in [1.807, 2.05) is 0 Å². The van der Waals surface area contributed by atoms with Crippen molar-refractivity contribution in [2.45, 2.75) is 25.8 Å². The SMILES string of the molecule is NCCC1(Cn2cnc3c(N)ncnc32)CC1. The summed E-state index contributed by atoms with van der Waals surface area (Å²) in [5.41, 5.74) is 13.3. The molecule has 0 aliphatic heterocycles. The summed E-state index contributed by atoms with van der Waals surface area (Å²) in [6.07, 6.45) is 6.83. The van der Waals surface area contributed by atoms with Gasteiger partial charge in [-0.1, -0.05) is 0 Å². The van der Waals surface area contributed by atoms with E-state index in [2.05, 4.69) is 19.5 Å². The highest BCUT2D eigenvalue weighted by Gasteiger charge is 2.42. The lowest BCUT2D eigenvalue weighted by molar-refractivity contribution is 0.402. The van der Waals surface area contributed by atoms with Crippen LogP contribution in [0.1, 0.15) is 19.3 Å². The highest BCUT2D eigenvalue weighted by Crippen LogP contribution is 2.50. The van der Waals surface area contributed by atoms with Gasteiger partial charge in [-0.05, 0) is 31.2 Å². The van der Waals surface area contributed by atoms with Crippen LogP contribution in [0.2, 0.25) is 0 Å². The zero-order valence-corrected chi connectivity index (χ0v) is 9.63. The van der Waals surface area contributed by atoms with Gasteiger partial charge in [0.1, 0.15) is 11.8 Å². The molecule has 0 aromatic carbocycles. The normalized spacial score (nSPS) is 17.5. The third-order valence-corrected chi connectivity index (χ3v) is 3.57. The summed E-state index contributed by atoms with van der Waals surface area (Å²) >= 11 is 0. The molecule has 2 heterocycles. The van der Waals surface area contributed by atoms with Crippen molar-refractivity contribution in [2.24, 2.45) is 11.1 Å². The standard InChI is InChI=1S/C11H16N6/c12-4-3-11(1-2-11)5-17-7-16-8-9(13)14-6-15-10(8)17/h6-7H,1-5,12H2,(H2,13,14,15). The second-order valence-corrected chi connectivity index (χ2v) is 4.84. The fourth-order valence-electron chi connectivity index (χ4n) is 2.35. The number of hydrogen-bond donors (Lipinski definition) is 2. The zero-order chi connectivity index (χ0) is 11.9. The third kappa shape index (κ3) is 1.74. The Balaban J connectivity index is 1.94. The van der Waals surface area contributed by atoms with Gasteiger partial charge < -0.3 is 16.0 Å². The van der Waals surface area contributed by atoms with Crippen LogP contribution in [0.25, 0.3) is 11.2 Å². The number of anilines is 1. The van der Waals surface area contributed by atoms with Crippen LogP contribution in [0.5, 0.6) is 0 Å². The van der Waals surface area contributed by atoms with Crippen molar-refractivity contribution in [3.05, 3.63) is 12.7 Å². The maximum absolute atomic E-state index is 5.76. The molecule has 1 fully saturated rings. The van der Waals surface area contributed by atoms with E-state index in [9.17, 15) is 0 Å². The number of rotatable bonds is 4. The van der Waals surface area contributed by atoms with Crippen molar-refractivity contribution < 1.29 is 0 Å². The van der Waals surface area contributed by atoms with Crippen LogP contribution in [-0.4, -0.2) is 26.1 Å². The first-order chi connectivity index (χ1) is 8.24. The van der Waals surface area contributed by atoms with E-state index in [0.29, 0.717) is 16.7 Å². The predicted octanol–water partition coefficient (Wildman–Crippen LogP) is 0.537. The maximum atomic E-state index is 5.76. The molecule has 6 nitrogen and oxygen atoms in total. The van der Waals surface area contributed by atoms with Gasteiger partial charge in [0.25, 0.3) is 0 Å². The van der Waals surface area contributed by atoms with Gasteiger partial charge in [-0.2, -0.15) is 0 Å². The van der Waals surface area contributed by atoms with Gasteiger partial charge in [0.05, 0.1) is 6.33 Å². The minimum absolute atomic E-state index is 0.363. The van der Waals surface area contributed by atoms with E-state index in [1.54, 1.807) is 6.33 Å². The summed E-state index contributed by atoms with van der Waals surface area (Å²) in [4.78, 5) is 12.5. The number of aromatic nitrogens is 4. The molecule has 0 bridgehead atoms. The van der Waals surface area contributed by atoms with Crippen LogP contribution in [0.4, 0.5) is 5.82 Å². The second-order valence-electron chi connectivity index (χ2n) is 4.84. The Labute approximate surface area is 99.1 Å². The average molecular weight is 232 g/mol. The molecule has 1 aliphatic rings. The quantitative estimate of drug-likeness (QED) is 0.802. The van der Waals surface area contributed by atoms with Crippen LogP contribution in [0, 0.1) is 5.41 Å². The number of nitrogens with zero attached hydrogens (tertiary/aromatic N) is 4. The highest BCUT2D eigenvalue weighted by molar-refractivity contribution is 5.81. The number of fused-ring (bicyclic) bond motifs is 1. The Kier molecular flexibility index (Phi) is 2.25. The maximum Gasteiger partial charge on any atom is 0.165 e. The van der Waals surface area contributed by atoms with Crippen molar-refractivity contribution in [3.63, 3.8) is 0 Å². The summed E-state index contributed by atoms with van der Waals surface area (Å²) in [6.45, 7) is 1.67. The van der Waals surface area contributed by atoms with Crippen LogP contribution >= 0.6 is 0 Å². The number of hydrogen-bond acceptors (Lipinski definition) is 5. The largest absolute Gasteiger partial charge is 0.382 e. The monoisotopic (exact) mass is 232 g/mol. The van der Waals surface area contributed by atoms with Crippen molar-refractivity contribution in [1.29, 1.82) is 0 Å². The van der Waals surface area contributed by atoms with Crippen molar-refractivity contribution >= 4 is 17.0 Å². The molecule has 17 heavy (non-hydrogen) atoms. The van der Waals surface area contributed by atoms with Gasteiger partial charge in [0.2, 0.25) is 0 Å². The molecule has 0 radical (unpaired) electrons. The zero-order valence-electron chi connectivity index (χ0n) is 9.63. The highest BCUT2D eigenvalue weighted by atomic mass is 15.1. The number of imidazole rings is 1. The number of nitrogen functional groups attached to an aromatic ring is 1. The van der Waals surface area contributed by atoms with Crippen molar-refractivity contribution in [2.75, 3.05) is 12.3 Å². The Hall–Kier alpha value is -1.69. The van der Waals surface area contributed by atoms with Crippen LogP contribution in [0.3, 0.4) is 0 Å². The summed E-state index contributed by atoms with van der Waals surface area (Å²) in [6, 6.07) is 0. The van der Waals surface area contributed by atoms with E-state index in [0.717, 1.165) is 25.2 Å². The molecule has 0 amide bonds. The topological polar surface area (TPSA) is 95.6 Å². The molecule has 1 saturated carbocycles. The minimum atomic E-state index is 0.363. The smallest absolute Gasteiger partial charge is 0.165 e. The van der Waals surface area contributed by atoms with Gasteiger partial charge >= 0.3 is 0 Å². The Morgan fingerprint density at radius 2 is 2.12 bits per heavy atom. The first kappa shape index (κ1) is 10.5. The van der Waals surface area contributed by atoms with E-state index in [4.69, 9.17) is 11.5 Å². The lowest BCUT2D eigenvalue weighted by Crippen LogP contribution is -2.16. The Morgan fingerprint density at radius 3 is 2.82 bits per heavy atom. The van der Waals surface area contributed by atoms with Gasteiger partial charge in [0, 0.05) is 6.54 Å². The van der Waals surface area contributed by atoms with Gasteiger partial charge in [0.15, 0.2) is 11.5 Å². The molecule has 2 aromatic heterocycles. The van der Waals surface area contributed by atoms with Crippen LogP contribution in [-0.2, 0) is 6.54 Å². The van der Waals surface area contributed by atoms with Crippen LogP contribution in [0.15, 0.2) is 12.7 Å². The molecule has 4 N–H and O–H groups in total. The molecule has 0 unspecified atom stereocenters. The molecule has 0 saturated heterocycles. The second kappa shape index (κ2) is 3.66. The van der Waals surface area contributed by atoms with E-state index >= 15 is 0 Å². The minimum Gasteiger partial charge on any atom is -0.382 e. The van der Waals surface area contributed by atoms with Gasteiger partial charge in [-0.15, -0.1) is 0 Å². The summed E-state index contributed by atoms with van der Waals surface area (Å²) < 4.78 is 2.07. The molecule has 3 rings (SSSR count). The molecule has 6 heteroatoms. The van der Waals surface area contributed by atoms with E-state index < -0.39 is 0 Å². The Morgan fingerprint density at radius 1 is 1.29 bits per heavy atom. The van der Waals surface area contributed by atoms with Gasteiger partial charge in [-0.25, -0.2) is 15.0 Å². The Bertz CT molecular complexity index is 542. The summed E-state index contributed by atoms with van der Waals surface area (Å²) in [5.74, 6) is 0.442. The molecule has 2 aromatic rings. The fraction of sp³-hybridized carbons (Fsp3) is 0.545. The number of nitrogens with two attached hydrogens (primary N) is 2. The molecule has 0 atom stereocenters. The van der Waals surface area contributed by atoms with Crippen molar-refractivity contribution in [3.8, 4) is 0 Å². The molecule has 1 aliphatic carbocycles. The van der Waals surface area contributed by atoms with Crippen LogP contribution < -0.4 is 11.5 Å². The van der Waals surface area contributed by atoms with Gasteiger partial charge in [-0.3, -0.25) is 0 Å². The molecular weight excluding hydrogens is 216 g/mol. The van der Waals surface area contributed by atoms with E-state index in [-0.39, 0.29) is 0 Å². The summed E-state index contributed by atoms with van der Waals surface area (Å²) in [7, 11) is 0. The lowest BCUT2D eigenvalue weighted by atomic mass is 10.0. The molecule has 0 spiro atoms. The average Bonchev–Trinajstić information content (AvgIpc) is 2.93. The first-order valence-electron chi connectivity index (χ1n) is 5.85. The van der Waals surface area contributed by atoms with Crippen molar-refractivity contribution in [1.82, 2.24) is 19.5 Å². The van der Waals surface area contributed by atoms with E-state index in [1.165, 1.54) is 19.2 Å². The fourth-order valence-corrected chi connectivity index (χ4v) is 2.35. The third-order valence-electron chi connectivity index (χ3n) is 3.57. The lowest BCUT2D eigenvalue weighted by Gasteiger charge is -2.14. The predicted molar refractivity (Wildman–Crippen MR) is 65.1 cm³/mol. The summed E-state index contributed by atoms with van der Waals surface area (Å²) in [5, 5.41) is 0. The molecule has 90 valence electrons. The molecular formula is C11H16N6.